The topological polar surface area (TPSA) is 36.9 Å². The maximum absolute atomic E-state index is 5.58. The van der Waals surface area contributed by atoms with Gasteiger partial charge in [-0.2, -0.15) is 0 Å². The molecule has 0 saturated heterocycles. The molecule has 19 heavy (non-hydrogen) atoms. The average molecular weight is 278 g/mol. The highest BCUT2D eigenvalue weighted by Gasteiger charge is 2.22. The van der Waals surface area contributed by atoms with Gasteiger partial charge in [0.05, 0.1) is 52.7 Å². The molecule has 0 N–H and O–H groups in total. The summed E-state index contributed by atoms with van der Waals surface area (Å²) in [5, 5.41) is 0. The van der Waals surface area contributed by atoms with E-state index in [2.05, 4.69) is 13.8 Å². The Balaban J connectivity index is 3.83. The molecule has 0 aromatic rings. The number of methoxy groups -OCH3 is 2. The standard InChI is InChI=1S/C14H32NO4/c1-5-15(6-2,7-9-18-13-11-16-3)8-10-19-14-12-17-4/h5-14H2,1-4H3/q+1. The Bertz CT molecular complexity index is 170. The van der Waals surface area contributed by atoms with Crippen molar-refractivity contribution in [1.82, 2.24) is 0 Å². The molecule has 116 valence electrons. The molecule has 0 radical (unpaired) electrons. The van der Waals surface area contributed by atoms with Crippen molar-refractivity contribution >= 4 is 0 Å². The van der Waals surface area contributed by atoms with Crippen LogP contribution in [0.3, 0.4) is 0 Å². The van der Waals surface area contributed by atoms with E-state index in [1.54, 1.807) is 14.2 Å². The van der Waals surface area contributed by atoms with Gasteiger partial charge in [0, 0.05) is 14.2 Å². The molecule has 5 heteroatoms. The molecular formula is C14H32NO4+. The zero-order valence-electron chi connectivity index (χ0n) is 13.2. The second kappa shape index (κ2) is 12.8. The summed E-state index contributed by atoms with van der Waals surface area (Å²) in [7, 11) is 3.39. The molecule has 0 heterocycles. The first-order valence-corrected chi connectivity index (χ1v) is 7.23. The Morgan fingerprint density at radius 3 is 1.37 bits per heavy atom. The molecule has 0 spiro atoms. The van der Waals surface area contributed by atoms with Gasteiger partial charge in [-0.15, -0.1) is 0 Å². The van der Waals surface area contributed by atoms with Crippen molar-refractivity contribution < 1.29 is 23.4 Å². The average Bonchev–Trinajstić information content (AvgIpc) is 2.45. The van der Waals surface area contributed by atoms with Gasteiger partial charge < -0.3 is 23.4 Å². The van der Waals surface area contributed by atoms with Crippen molar-refractivity contribution in [2.24, 2.45) is 0 Å². The second-order valence-electron chi connectivity index (χ2n) is 4.63. The molecule has 0 saturated carbocycles. The molecule has 0 atom stereocenters. The van der Waals surface area contributed by atoms with Crippen LogP contribution >= 0.6 is 0 Å². The lowest BCUT2D eigenvalue weighted by molar-refractivity contribution is -0.925. The molecule has 0 aliphatic rings. The van der Waals surface area contributed by atoms with Crippen LogP contribution < -0.4 is 0 Å². The monoisotopic (exact) mass is 278 g/mol. The lowest BCUT2D eigenvalue weighted by Gasteiger charge is -2.36. The molecule has 0 unspecified atom stereocenters. The number of ether oxygens (including phenoxy) is 4. The Hall–Kier alpha value is -0.200. The van der Waals surface area contributed by atoms with Gasteiger partial charge in [-0.1, -0.05) is 0 Å². The largest absolute Gasteiger partial charge is 0.382 e. The number of hydrogen-bond donors (Lipinski definition) is 0. The summed E-state index contributed by atoms with van der Waals surface area (Å²) in [5.74, 6) is 0. The van der Waals surface area contributed by atoms with Gasteiger partial charge in [0.1, 0.15) is 13.1 Å². The molecular weight excluding hydrogens is 246 g/mol. The number of hydrogen-bond acceptors (Lipinski definition) is 4. The van der Waals surface area contributed by atoms with Gasteiger partial charge in [-0.25, -0.2) is 0 Å². The van der Waals surface area contributed by atoms with Crippen molar-refractivity contribution in [3.63, 3.8) is 0 Å². The second-order valence-corrected chi connectivity index (χ2v) is 4.63. The molecule has 0 fully saturated rings. The van der Waals surface area contributed by atoms with Crippen LogP contribution in [0.2, 0.25) is 0 Å². The summed E-state index contributed by atoms with van der Waals surface area (Å²) < 4.78 is 22.1. The van der Waals surface area contributed by atoms with E-state index in [4.69, 9.17) is 18.9 Å². The summed E-state index contributed by atoms with van der Waals surface area (Å²) in [6, 6.07) is 0. The highest BCUT2D eigenvalue weighted by atomic mass is 16.5. The lowest BCUT2D eigenvalue weighted by Crippen LogP contribution is -2.51. The van der Waals surface area contributed by atoms with Crippen LogP contribution in [-0.2, 0) is 18.9 Å². The first-order valence-electron chi connectivity index (χ1n) is 7.23. The van der Waals surface area contributed by atoms with Crippen molar-refractivity contribution in [3.05, 3.63) is 0 Å². The lowest BCUT2D eigenvalue weighted by atomic mass is 10.3. The van der Waals surface area contributed by atoms with Gasteiger partial charge >= 0.3 is 0 Å². The number of rotatable bonds is 14. The van der Waals surface area contributed by atoms with Gasteiger partial charge in [-0.3, -0.25) is 0 Å². The highest BCUT2D eigenvalue weighted by Crippen LogP contribution is 2.06. The maximum atomic E-state index is 5.58. The molecule has 0 aromatic carbocycles. The van der Waals surface area contributed by atoms with E-state index in [0.717, 1.165) is 43.9 Å². The number of nitrogens with zero attached hydrogens (tertiary/aromatic N) is 1. The minimum Gasteiger partial charge on any atom is -0.382 e. The van der Waals surface area contributed by atoms with Crippen LogP contribution in [0.4, 0.5) is 0 Å². The molecule has 0 aromatic heterocycles. The fourth-order valence-corrected chi connectivity index (χ4v) is 1.97. The SMILES string of the molecule is CC[N+](CC)(CCOCCOC)CCOCCOC. The number of quaternary nitrogens is 1. The fraction of sp³-hybridized carbons (Fsp3) is 1.00. The summed E-state index contributed by atoms with van der Waals surface area (Å²) in [6.07, 6.45) is 0. The fourth-order valence-electron chi connectivity index (χ4n) is 1.97. The van der Waals surface area contributed by atoms with E-state index in [1.807, 2.05) is 0 Å². The van der Waals surface area contributed by atoms with Crippen LogP contribution in [0.5, 0.6) is 0 Å². The molecule has 0 aliphatic carbocycles. The molecule has 0 aliphatic heterocycles. The smallest absolute Gasteiger partial charge is 0.102 e. The molecule has 5 nitrogen and oxygen atoms in total. The predicted octanol–water partition coefficient (Wildman–Crippen LogP) is 1.17. The van der Waals surface area contributed by atoms with Gasteiger partial charge in [-0.05, 0) is 13.8 Å². The summed E-state index contributed by atoms with van der Waals surface area (Å²) in [6.45, 7) is 13.0. The van der Waals surface area contributed by atoms with Crippen molar-refractivity contribution in [2.75, 3.05) is 80.0 Å². The summed E-state index contributed by atoms with van der Waals surface area (Å²) >= 11 is 0. The van der Waals surface area contributed by atoms with Crippen LogP contribution in [0.1, 0.15) is 13.8 Å². The first kappa shape index (κ1) is 18.8. The van der Waals surface area contributed by atoms with Crippen LogP contribution in [0, 0.1) is 0 Å². The van der Waals surface area contributed by atoms with E-state index >= 15 is 0 Å². The third-order valence-electron chi connectivity index (χ3n) is 3.63. The predicted molar refractivity (Wildman–Crippen MR) is 76.5 cm³/mol. The minimum absolute atomic E-state index is 0.665. The molecule has 0 rings (SSSR count). The van der Waals surface area contributed by atoms with Crippen LogP contribution in [-0.4, -0.2) is 84.5 Å². The zero-order valence-corrected chi connectivity index (χ0v) is 13.2. The maximum Gasteiger partial charge on any atom is 0.102 e. The normalized spacial score (nSPS) is 12.0. The van der Waals surface area contributed by atoms with Crippen molar-refractivity contribution in [1.29, 1.82) is 0 Å². The van der Waals surface area contributed by atoms with Crippen LogP contribution in [0.25, 0.3) is 0 Å². The Morgan fingerprint density at radius 2 is 1.05 bits per heavy atom. The minimum atomic E-state index is 0.665. The van der Waals surface area contributed by atoms with Gasteiger partial charge in [0.15, 0.2) is 0 Å². The van der Waals surface area contributed by atoms with Gasteiger partial charge in [0.2, 0.25) is 0 Å². The first-order chi connectivity index (χ1) is 9.24. The number of likely N-dealkylation sites (N-methyl/N-ethyl adjacent to an activating group) is 1. The van der Waals surface area contributed by atoms with E-state index in [-0.39, 0.29) is 0 Å². The van der Waals surface area contributed by atoms with E-state index in [1.165, 1.54) is 0 Å². The zero-order chi connectivity index (χ0) is 14.4. The van der Waals surface area contributed by atoms with E-state index in [0.29, 0.717) is 26.4 Å². The Kier molecular flexibility index (Phi) is 12.7. The van der Waals surface area contributed by atoms with Crippen molar-refractivity contribution in [2.45, 2.75) is 13.8 Å². The Labute approximate surface area is 118 Å². The quantitative estimate of drug-likeness (QED) is 0.353. The van der Waals surface area contributed by atoms with Crippen LogP contribution in [0.15, 0.2) is 0 Å². The summed E-state index contributed by atoms with van der Waals surface area (Å²) in [4.78, 5) is 0. The Morgan fingerprint density at radius 1 is 0.632 bits per heavy atom. The highest BCUT2D eigenvalue weighted by molar-refractivity contribution is 4.43. The third-order valence-corrected chi connectivity index (χ3v) is 3.63. The molecule has 0 bridgehead atoms. The van der Waals surface area contributed by atoms with Gasteiger partial charge in [0.25, 0.3) is 0 Å². The molecule has 0 amide bonds. The summed E-state index contributed by atoms with van der Waals surface area (Å²) in [5.41, 5.74) is 0. The van der Waals surface area contributed by atoms with E-state index < -0.39 is 0 Å². The third kappa shape index (κ3) is 9.35. The van der Waals surface area contributed by atoms with Crippen molar-refractivity contribution in [3.8, 4) is 0 Å². The van der Waals surface area contributed by atoms with E-state index in [9.17, 15) is 0 Å².